The summed E-state index contributed by atoms with van der Waals surface area (Å²) < 4.78 is 0. The fraction of sp³-hybridized carbons (Fsp3) is 0.294. The van der Waals surface area contributed by atoms with Gasteiger partial charge in [-0.2, -0.15) is 0 Å². The molecule has 4 rings (SSSR count). The summed E-state index contributed by atoms with van der Waals surface area (Å²) in [5.74, 6) is 0.259. The molecule has 5 N–H and O–H groups in total. The molecule has 124 valence electrons. The van der Waals surface area contributed by atoms with Crippen molar-refractivity contribution < 1.29 is 4.79 Å². The van der Waals surface area contributed by atoms with Gasteiger partial charge in [0.15, 0.2) is 0 Å². The number of primary amides is 1. The molecule has 2 atom stereocenters. The third-order valence-electron chi connectivity index (χ3n) is 4.48. The average Bonchev–Trinajstić information content (AvgIpc) is 3.02. The van der Waals surface area contributed by atoms with E-state index in [2.05, 4.69) is 38.0 Å². The van der Waals surface area contributed by atoms with Crippen LogP contribution in [0.4, 0.5) is 17.2 Å². The molecule has 0 spiro atoms. The first-order valence-corrected chi connectivity index (χ1v) is 8.09. The van der Waals surface area contributed by atoms with Crippen molar-refractivity contribution in [2.75, 3.05) is 29.9 Å². The first-order valence-electron chi connectivity index (χ1n) is 8.09. The Labute approximate surface area is 140 Å². The quantitative estimate of drug-likeness (QED) is 0.661. The van der Waals surface area contributed by atoms with Crippen molar-refractivity contribution in [1.29, 1.82) is 0 Å². The van der Waals surface area contributed by atoms with E-state index in [1.807, 2.05) is 12.1 Å². The second-order valence-corrected chi connectivity index (χ2v) is 6.01. The predicted octanol–water partition coefficient (Wildman–Crippen LogP) is 0.632. The fourth-order valence-corrected chi connectivity index (χ4v) is 3.33. The van der Waals surface area contributed by atoms with E-state index in [1.54, 1.807) is 18.3 Å². The number of hydrogen-bond acceptors (Lipinski definition) is 6. The maximum Gasteiger partial charge on any atom is 0.248 e. The standard InChI is InChI=1S/C17H20N6O/c18-16(24)11-5-6-21-15(9-11)23-14-4-2-1-3-12(14)22-17(23)13-10-19-7-8-20-13/h1-6,9,13,17,19-20,22H,7-8,10H2,(H2,18,24). The fourth-order valence-electron chi connectivity index (χ4n) is 3.33. The van der Waals surface area contributed by atoms with Crippen LogP contribution in [-0.2, 0) is 0 Å². The lowest BCUT2D eigenvalue weighted by atomic mass is 10.1. The Morgan fingerprint density at radius 3 is 2.92 bits per heavy atom. The number of aromatic nitrogens is 1. The summed E-state index contributed by atoms with van der Waals surface area (Å²) in [6.07, 6.45) is 1.63. The number of carbonyl (C=O) groups is 1. The third kappa shape index (κ3) is 2.57. The highest BCUT2D eigenvalue weighted by Crippen LogP contribution is 2.40. The number of anilines is 3. The Kier molecular flexibility index (Phi) is 3.79. The molecule has 0 radical (unpaired) electrons. The summed E-state index contributed by atoms with van der Waals surface area (Å²) in [6.45, 7) is 2.74. The van der Waals surface area contributed by atoms with Gasteiger partial charge < -0.3 is 26.6 Å². The minimum atomic E-state index is -0.451. The monoisotopic (exact) mass is 324 g/mol. The Hall–Kier alpha value is -2.64. The Morgan fingerprint density at radius 2 is 2.12 bits per heavy atom. The van der Waals surface area contributed by atoms with Gasteiger partial charge in [0.2, 0.25) is 5.91 Å². The number of piperazine rings is 1. The molecule has 2 aliphatic rings. The number of pyridine rings is 1. The number of amides is 1. The minimum Gasteiger partial charge on any atom is -0.366 e. The maximum atomic E-state index is 11.5. The molecule has 1 aromatic carbocycles. The zero-order chi connectivity index (χ0) is 16.5. The van der Waals surface area contributed by atoms with Crippen molar-refractivity contribution in [3.05, 3.63) is 48.2 Å². The maximum absolute atomic E-state index is 11.5. The van der Waals surface area contributed by atoms with Gasteiger partial charge in [0.05, 0.1) is 17.4 Å². The van der Waals surface area contributed by atoms with Crippen LogP contribution in [0.1, 0.15) is 10.4 Å². The average molecular weight is 324 g/mol. The molecular weight excluding hydrogens is 304 g/mol. The number of carbonyl (C=O) groups excluding carboxylic acids is 1. The van der Waals surface area contributed by atoms with Crippen LogP contribution in [0, 0.1) is 0 Å². The van der Waals surface area contributed by atoms with Gasteiger partial charge in [-0.3, -0.25) is 4.79 Å². The van der Waals surface area contributed by atoms with Crippen molar-refractivity contribution >= 4 is 23.1 Å². The van der Waals surface area contributed by atoms with Gasteiger partial charge in [-0.1, -0.05) is 12.1 Å². The molecule has 24 heavy (non-hydrogen) atoms. The van der Waals surface area contributed by atoms with E-state index in [9.17, 15) is 4.79 Å². The van der Waals surface area contributed by atoms with E-state index in [-0.39, 0.29) is 12.2 Å². The van der Waals surface area contributed by atoms with Gasteiger partial charge in [-0.25, -0.2) is 4.98 Å². The summed E-state index contributed by atoms with van der Waals surface area (Å²) in [7, 11) is 0. The first-order chi connectivity index (χ1) is 11.7. The Balaban J connectivity index is 1.75. The summed E-state index contributed by atoms with van der Waals surface area (Å²) in [6, 6.07) is 11.7. The topological polar surface area (TPSA) is 95.3 Å². The summed E-state index contributed by atoms with van der Waals surface area (Å²) in [5, 5.41) is 10.5. The number of nitrogens with zero attached hydrogens (tertiary/aromatic N) is 2. The van der Waals surface area contributed by atoms with Crippen LogP contribution < -0.4 is 26.6 Å². The van der Waals surface area contributed by atoms with Crippen LogP contribution in [0.25, 0.3) is 0 Å². The predicted molar refractivity (Wildman–Crippen MR) is 93.4 cm³/mol. The van der Waals surface area contributed by atoms with E-state index < -0.39 is 5.91 Å². The van der Waals surface area contributed by atoms with Crippen molar-refractivity contribution in [1.82, 2.24) is 15.6 Å². The van der Waals surface area contributed by atoms with Crippen LogP contribution >= 0.6 is 0 Å². The zero-order valence-electron chi connectivity index (χ0n) is 13.2. The van der Waals surface area contributed by atoms with E-state index in [4.69, 9.17) is 5.73 Å². The Morgan fingerprint density at radius 1 is 1.25 bits per heavy atom. The van der Waals surface area contributed by atoms with Crippen LogP contribution in [0.2, 0.25) is 0 Å². The van der Waals surface area contributed by atoms with E-state index >= 15 is 0 Å². The van der Waals surface area contributed by atoms with Crippen LogP contribution in [-0.4, -0.2) is 42.7 Å². The third-order valence-corrected chi connectivity index (χ3v) is 4.48. The smallest absolute Gasteiger partial charge is 0.248 e. The largest absolute Gasteiger partial charge is 0.366 e. The molecule has 3 heterocycles. The van der Waals surface area contributed by atoms with Gasteiger partial charge in [0.1, 0.15) is 12.0 Å². The summed E-state index contributed by atoms with van der Waals surface area (Å²) in [4.78, 5) is 18.1. The van der Waals surface area contributed by atoms with Crippen molar-refractivity contribution in [2.24, 2.45) is 5.73 Å². The highest BCUT2D eigenvalue weighted by Gasteiger charge is 2.36. The number of para-hydroxylation sites is 2. The van der Waals surface area contributed by atoms with Gasteiger partial charge in [0.25, 0.3) is 0 Å². The summed E-state index contributed by atoms with van der Waals surface area (Å²) in [5.41, 5.74) is 7.99. The number of rotatable bonds is 3. The molecule has 2 aromatic rings. The molecule has 0 bridgehead atoms. The van der Waals surface area contributed by atoms with Crippen molar-refractivity contribution in [2.45, 2.75) is 12.2 Å². The lowest BCUT2D eigenvalue weighted by Gasteiger charge is -2.35. The van der Waals surface area contributed by atoms with Crippen LogP contribution in [0.5, 0.6) is 0 Å². The molecule has 1 amide bonds. The molecular formula is C17H20N6O. The normalized spacial score (nSPS) is 22.8. The van der Waals surface area contributed by atoms with Crippen molar-refractivity contribution in [3.63, 3.8) is 0 Å². The number of nitrogens with two attached hydrogens (primary N) is 1. The SMILES string of the molecule is NC(=O)c1ccnc(N2c3ccccc3NC2C2CNCCN2)c1. The van der Waals surface area contributed by atoms with E-state index in [0.29, 0.717) is 11.4 Å². The first kappa shape index (κ1) is 14.9. The number of benzene rings is 1. The van der Waals surface area contributed by atoms with Gasteiger partial charge in [-0.05, 0) is 24.3 Å². The number of hydrogen-bond donors (Lipinski definition) is 4. The second kappa shape index (κ2) is 6.10. The molecule has 1 fully saturated rings. The van der Waals surface area contributed by atoms with E-state index in [0.717, 1.165) is 31.0 Å². The molecule has 7 heteroatoms. The number of nitrogens with one attached hydrogen (secondary N) is 3. The minimum absolute atomic E-state index is 0.00539. The van der Waals surface area contributed by atoms with Gasteiger partial charge >= 0.3 is 0 Å². The van der Waals surface area contributed by atoms with Crippen LogP contribution in [0.3, 0.4) is 0 Å². The highest BCUT2D eigenvalue weighted by atomic mass is 16.1. The second-order valence-electron chi connectivity index (χ2n) is 6.01. The molecule has 2 unspecified atom stereocenters. The van der Waals surface area contributed by atoms with Gasteiger partial charge in [0, 0.05) is 31.4 Å². The van der Waals surface area contributed by atoms with Crippen molar-refractivity contribution in [3.8, 4) is 0 Å². The van der Waals surface area contributed by atoms with E-state index in [1.165, 1.54) is 0 Å². The molecule has 1 aromatic heterocycles. The molecule has 2 aliphatic heterocycles. The molecule has 1 saturated heterocycles. The summed E-state index contributed by atoms with van der Waals surface area (Å²) >= 11 is 0. The highest BCUT2D eigenvalue weighted by molar-refractivity contribution is 5.94. The number of fused-ring (bicyclic) bond motifs is 1. The Bertz CT molecular complexity index is 758. The zero-order valence-corrected chi connectivity index (χ0v) is 13.2. The lowest BCUT2D eigenvalue weighted by Crippen LogP contribution is -2.59. The lowest BCUT2D eigenvalue weighted by molar-refractivity contribution is 0.1000. The van der Waals surface area contributed by atoms with Crippen LogP contribution in [0.15, 0.2) is 42.6 Å². The molecule has 0 saturated carbocycles. The molecule has 7 nitrogen and oxygen atoms in total. The van der Waals surface area contributed by atoms with Gasteiger partial charge in [-0.15, -0.1) is 0 Å². The molecule has 0 aliphatic carbocycles.